The maximum atomic E-state index is 12.4. The third kappa shape index (κ3) is 4.28. The number of rotatable bonds is 5. The molecule has 0 spiro atoms. The molecular formula is C15H22N2O3S. The van der Waals surface area contributed by atoms with Crippen molar-refractivity contribution in [2.24, 2.45) is 5.92 Å². The molecule has 1 aliphatic heterocycles. The molecule has 2 atom stereocenters. The van der Waals surface area contributed by atoms with E-state index in [1.165, 1.54) is 11.3 Å². The Morgan fingerprint density at radius 3 is 3.05 bits per heavy atom. The molecule has 2 N–H and O–H groups in total. The van der Waals surface area contributed by atoms with Crippen molar-refractivity contribution in [3.05, 3.63) is 22.4 Å². The van der Waals surface area contributed by atoms with Gasteiger partial charge in [0.25, 0.3) is 5.91 Å². The highest BCUT2D eigenvalue weighted by atomic mass is 32.1. The molecule has 21 heavy (non-hydrogen) atoms. The van der Waals surface area contributed by atoms with Crippen molar-refractivity contribution in [3.63, 3.8) is 0 Å². The van der Waals surface area contributed by atoms with Crippen LogP contribution in [-0.2, 0) is 4.79 Å². The smallest absolute Gasteiger partial charge is 0.261 e. The quantitative estimate of drug-likeness (QED) is 0.865. The Balaban J connectivity index is 1.88. The van der Waals surface area contributed by atoms with Crippen molar-refractivity contribution in [2.75, 3.05) is 19.7 Å². The number of aliphatic hydroxyl groups excluding tert-OH is 1. The number of likely N-dealkylation sites (tertiary alicyclic amines) is 1. The van der Waals surface area contributed by atoms with E-state index in [1.807, 2.05) is 16.3 Å². The number of nitrogens with zero attached hydrogens (tertiary/aromatic N) is 1. The van der Waals surface area contributed by atoms with E-state index in [-0.39, 0.29) is 18.4 Å². The molecule has 116 valence electrons. The van der Waals surface area contributed by atoms with Crippen LogP contribution in [0.25, 0.3) is 0 Å². The molecule has 1 fully saturated rings. The molecule has 0 aromatic carbocycles. The van der Waals surface area contributed by atoms with Gasteiger partial charge in [-0.3, -0.25) is 9.59 Å². The van der Waals surface area contributed by atoms with Crippen LogP contribution >= 0.6 is 11.3 Å². The van der Waals surface area contributed by atoms with Gasteiger partial charge in [-0.15, -0.1) is 11.3 Å². The molecular weight excluding hydrogens is 288 g/mol. The lowest BCUT2D eigenvalue weighted by Crippen LogP contribution is -2.50. The minimum atomic E-state index is -0.521. The van der Waals surface area contributed by atoms with Gasteiger partial charge in [0, 0.05) is 19.7 Å². The molecule has 2 heterocycles. The topological polar surface area (TPSA) is 69.6 Å². The first-order valence-corrected chi connectivity index (χ1v) is 8.23. The van der Waals surface area contributed by atoms with Crippen molar-refractivity contribution in [3.8, 4) is 0 Å². The van der Waals surface area contributed by atoms with E-state index in [9.17, 15) is 9.59 Å². The Labute approximate surface area is 129 Å². The highest BCUT2D eigenvalue weighted by Crippen LogP contribution is 2.20. The summed E-state index contributed by atoms with van der Waals surface area (Å²) >= 11 is 1.36. The van der Waals surface area contributed by atoms with E-state index in [1.54, 1.807) is 13.0 Å². The molecule has 6 heteroatoms. The lowest BCUT2D eigenvalue weighted by atomic mass is 9.95. The Bertz CT molecular complexity index is 473. The van der Waals surface area contributed by atoms with Gasteiger partial charge >= 0.3 is 0 Å². The second-order valence-corrected chi connectivity index (χ2v) is 6.42. The number of amides is 2. The van der Waals surface area contributed by atoms with E-state index in [0.29, 0.717) is 17.3 Å². The molecule has 0 saturated carbocycles. The molecule has 2 rings (SSSR count). The van der Waals surface area contributed by atoms with Crippen LogP contribution in [-0.4, -0.2) is 47.6 Å². The number of aliphatic hydroxyl groups is 1. The largest absolute Gasteiger partial charge is 0.396 e. The fourth-order valence-electron chi connectivity index (χ4n) is 2.69. The van der Waals surface area contributed by atoms with Crippen molar-refractivity contribution >= 4 is 23.2 Å². The molecule has 1 saturated heterocycles. The summed E-state index contributed by atoms with van der Waals surface area (Å²) in [5.41, 5.74) is 0. The lowest BCUT2D eigenvalue weighted by molar-refractivity contribution is -0.134. The minimum Gasteiger partial charge on any atom is -0.396 e. The van der Waals surface area contributed by atoms with Crippen LogP contribution in [0.5, 0.6) is 0 Å². The van der Waals surface area contributed by atoms with Crippen LogP contribution < -0.4 is 5.32 Å². The molecule has 0 aliphatic carbocycles. The van der Waals surface area contributed by atoms with Gasteiger partial charge in [-0.1, -0.05) is 6.07 Å². The summed E-state index contributed by atoms with van der Waals surface area (Å²) < 4.78 is 0. The zero-order chi connectivity index (χ0) is 15.2. The summed E-state index contributed by atoms with van der Waals surface area (Å²) in [4.78, 5) is 26.8. The SMILES string of the molecule is CC(NC(=O)c1cccs1)C(=O)N1CCCC(CCO)C1. The van der Waals surface area contributed by atoms with Gasteiger partial charge in [-0.25, -0.2) is 0 Å². The van der Waals surface area contributed by atoms with Crippen LogP contribution in [0.15, 0.2) is 17.5 Å². The number of hydrogen-bond acceptors (Lipinski definition) is 4. The monoisotopic (exact) mass is 310 g/mol. The van der Waals surface area contributed by atoms with Gasteiger partial charge in [0.05, 0.1) is 4.88 Å². The number of hydrogen-bond donors (Lipinski definition) is 2. The highest BCUT2D eigenvalue weighted by molar-refractivity contribution is 7.12. The van der Waals surface area contributed by atoms with Crippen molar-refractivity contribution < 1.29 is 14.7 Å². The van der Waals surface area contributed by atoms with Crippen molar-refractivity contribution in [1.29, 1.82) is 0 Å². The van der Waals surface area contributed by atoms with E-state index >= 15 is 0 Å². The van der Waals surface area contributed by atoms with Gasteiger partial charge in [0.1, 0.15) is 6.04 Å². The first-order chi connectivity index (χ1) is 10.1. The molecule has 5 nitrogen and oxygen atoms in total. The predicted molar refractivity (Wildman–Crippen MR) is 82.3 cm³/mol. The Morgan fingerprint density at radius 2 is 2.38 bits per heavy atom. The average Bonchev–Trinajstić information content (AvgIpc) is 3.01. The lowest BCUT2D eigenvalue weighted by Gasteiger charge is -2.34. The summed E-state index contributed by atoms with van der Waals surface area (Å²) in [5.74, 6) is 0.130. The van der Waals surface area contributed by atoms with Crippen LogP contribution in [0.3, 0.4) is 0 Å². The van der Waals surface area contributed by atoms with E-state index in [4.69, 9.17) is 5.11 Å². The Hall–Kier alpha value is -1.40. The third-order valence-corrected chi connectivity index (χ3v) is 4.70. The number of carbonyl (C=O) groups is 2. The number of thiophene rings is 1. The normalized spacial score (nSPS) is 20.1. The molecule has 1 aromatic rings. The molecule has 1 aliphatic rings. The zero-order valence-electron chi connectivity index (χ0n) is 12.2. The van der Waals surface area contributed by atoms with Gasteiger partial charge in [-0.05, 0) is 43.6 Å². The number of carbonyl (C=O) groups excluding carboxylic acids is 2. The van der Waals surface area contributed by atoms with Crippen LogP contribution in [0, 0.1) is 5.92 Å². The summed E-state index contributed by atoms with van der Waals surface area (Å²) in [7, 11) is 0. The maximum Gasteiger partial charge on any atom is 0.261 e. The summed E-state index contributed by atoms with van der Waals surface area (Å²) in [5, 5.41) is 13.6. The summed E-state index contributed by atoms with van der Waals surface area (Å²) in [6.07, 6.45) is 2.75. The molecule has 0 bridgehead atoms. The van der Waals surface area contributed by atoms with Gasteiger partial charge in [0.15, 0.2) is 0 Å². The fraction of sp³-hybridized carbons (Fsp3) is 0.600. The number of piperidine rings is 1. The fourth-order valence-corrected chi connectivity index (χ4v) is 3.32. The number of nitrogens with one attached hydrogen (secondary N) is 1. The zero-order valence-corrected chi connectivity index (χ0v) is 13.1. The predicted octanol–water partition coefficient (Wildman–Crippen LogP) is 1.49. The Kier molecular flexibility index (Phi) is 5.76. The minimum absolute atomic E-state index is 0.0393. The van der Waals surface area contributed by atoms with Crippen LogP contribution in [0.4, 0.5) is 0 Å². The van der Waals surface area contributed by atoms with Crippen molar-refractivity contribution in [1.82, 2.24) is 10.2 Å². The van der Waals surface area contributed by atoms with Crippen molar-refractivity contribution in [2.45, 2.75) is 32.2 Å². The van der Waals surface area contributed by atoms with Gasteiger partial charge < -0.3 is 15.3 Å². The van der Waals surface area contributed by atoms with E-state index in [0.717, 1.165) is 25.8 Å². The standard InChI is InChI=1S/C15H22N2O3S/c1-11(16-14(19)13-5-3-9-21-13)15(20)17-7-2-4-12(10-17)6-8-18/h3,5,9,11-12,18H,2,4,6-8,10H2,1H3,(H,16,19). The molecule has 1 aromatic heterocycles. The van der Waals surface area contributed by atoms with E-state index in [2.05, 4.69) is 5.32 Å². The van der Waals surface area contributed by atoms with Gasteiger partial charge in [0.2, 0.25) is 5.91 Å². The third-order valence-electron chi connectivity index (χ3n) is 3.83. The van der Waals surface area contributed by atoms with Crippen LogP contribution in [0.2, 0.25) is 0 Å². The second-order valence-electron chi connectivity index (χ2n) is 5.48. The first kappa shape index (κ1) is 16.0. The summed E-state index contributed by atoms with van der Waals surface area (Å²) in [6.45, 7) is 3.30. The Morgan fingerprint density at radius 1 is 1.57 bits per heavy atom. The van der Waals surface area contributed by atoms with E-state index < -0.39 is 6.04 Å². The summed E-state index contributed by atoms with van der Waals surface area (Å²) in [6, 6.07) is 3.04. The second kappa shape index (κ2) is 7.56. The van der Waals surface area contributed by atoms with Crippen LogP contribution in [0.1, 0.15) is 35.9 Å². The molecule has 2 amide bonds. The first-order valence-electron chi connectivity index (χ1n) is 7.36. The highest BCUT2D eigenvalue weighted by Gasteiger charge is 2.27. The molecule has 2 unspecified atom stereocenters. The maximum absolute atomic E-state index is 12.4. The average molecular weight is 310 g/mol. The molecule has 0 radical (unpaired) electrons. The van der Waals surface area contributed by atoms with Gasteiger partial charge in [-0.2, -0.15) is 0 Å².